The summed E-state index contributed by atoms with van der Waals surface area (Å²) in [5, 5.41) is 3.51. The fraction of sp³-hybridized carbons (Fsp3) is 1.00. The van der Waals surface area contributed by atoms with Crippen LogP contribution in [0.15, 0.2) is 0 Å². The van der Waals surface area contributed by atoms with Gasteiger partial charge in [-0.1, -0.05) is 13.3 Å². The molecule has 0 radical (unpaired) electrons. The van der Waals surface area contributed by atoms with Gasteiger partial charge in [0.2, 0.25) is 0 Å². The standard InChI is InChI=1S/C12H23NO2S/c1-2-12(7-3-4-8-13-12)10-11-6-5-9-16(11,14)15/h11,13H,2-10H2,1H3. The molecule has 16 heavy (non-hydrogen) atoms. The highest BCUT2D eigenvalue weighted by atomic mass is 32.2. The van der Waals surface area contributed by atoms with E-state index < -0.39 is 9.84 Å². The molecule has 0 spiro atoms. The molecule has 2 fully saturated rings. The van der Waals surface area contributed by atoms with Gasteiger partial charge in [0.25, 0.3) is 0 Å². The number of rotatable bonds is 3. The third-order valence-corrected chi connectivity index (χ3v) is 6.62. The Balaban J connectivity index is 2.06. The Morgan fingerprint density at radius 2 is 2.12 bits per heavy atom. The lowest BCUT2D eigenvalue weighted by Gasteiger charge is -2.39. The van der Waals surface area contributed by atoms with Crippen molar-refractivity contribution in [2.75, 3.05) is 12.3 Å². The summed E-state index contributed by atoms with van der Waals surface area (Å²) in [4.78, 5) is 0. The van der Waals surface area contributed by atoms with Crippen molar-refractivity contribution in [3.05, 3.63) is 0 Å². The van der Waals surface area contributed by atoms with Crippen LogP contribution in [-0.2, 0) is 9.84 Å². The van der Waals surface area contributed by atoms with Gasteiger partial charge in [-0.25, -0.2) is 8.42 Å². The Hall–Kier alpha value is -0.0900. The van der Waals surface area contributed by atoms with Crippen LogP contribution >= 0.6 is 0 Å². The van der Waals surface area contributed by atoms with E-state index in [1.165, 1.54) is 12.8 Å². The van der Waals surface area contributed by atoms with Gasteiger partial charge in [-0.2, -0.15) is 0 Å². The fourth-order valence-corrected chi connectivity index (χ4v) is 5.18. The molecule has 0 aromatic heterocycles. The van der Waals surface area contributed by atoms with Crippen LogP contribution in [0.4, 0.5) is 0 Å². The molecule has 4 heteroatoms. The molecule has 2 rings (SSSR count). The van der Waals surface area contributed by atoms with E-state index in [1.54, 1.807) is 0 Å². The molecule has 0 amide bonds. The van der Waals surface area contributed by atoms with Crippen LogP contribution in [0.25, 0.3) is 0 Å². The molecule has 3 nitrogen and oxygen atoms in total. The molecule has 2 atom stereocenters. The van der Waals surface area contributed by atoms with E-state index in [9.17, 15) is 8.42 Å². The predicted molar refractivity (Wildman–Crippen MR) is 66.3 cm³/mol. The van der Waals surface area contributed by atoms with Crippen LogP contribution < -0.4 is 5.32 Å². The van der Waals surface area contributed by atoms with Gasteiger partial charge >= 0.3 is 0 Å². The van der Waals surface area contributed by atoms with Crippen molar-refractivity contribution in [1.82, 2.24) is 5.32 Å². The number of piperidine rings is 1. The Morgan fingerprint density at radius 3 is 2.62 bits per heavy atom. The van der Waals surface area contributed by atoms with E-state index in [0.717, 1.165) is 38.6 Å². The quantitative estimate of drug-likeness (QED) is 0.825. The Kier molecular flexibility index (Phi) is 3.59. The second-order valence-electron chi connectivity index (χ2n) is 5.35. The summed E-state index contributed by atoms with van der Waals surface area (Å²) in [6, 6.07) is 0. The molecule has 0 saturated carbocycles. The molecule has 2 aliphatic rings. The normalized spacial score (nSPS) is 38.7. The second-order valence-corrected chi connectivity index (χ2v) is 7.75. The first kappa shape index (κ1) is 12.4. The molecular formula is C12H23NO2S. The molecule has 0 aliphatic carbocycles. The zero-order chi connectivity index (χ0) is 11.6. The molecule has 0 bridgehead atoms. The average molecular weight is 245 g/mol. The van der Waals surface area contributed by atoms with E-state index in [1.807, 2.05) is 0 Å². The lowest BCUT2D eigenvalue weighted by atomic mass is 9.82. The smallest absolute Gasteiger partial charge is 0.153 e. The summed E-state index contributed by atoms with van der Waals surface area (Å²) in [5.41, 5.74) is 0.111. The molecule has 0 aromatic carbocycles. The first-order valence-electron chi connectivity index (χ1n) is 6.55. The van der Waals surface area contributed by atoms with Crippen LogP contribution in [0.2, 0.25) is 0 Å². The molecule has 94 valence electrons. The van der Waals surface area contributed by atoms with Gasteiger partial charge in [0.1, 0.15) is 0 Å². The van der Waals surface area contributed by atoms with Crippen LogP contribution in [0.1, 0.15) is 51.9 Å². The third kappa shape index (κ3) is 2.43. The van der Waals surface area contributed by atoms with E-state index in [2.05, 4.69) is 12.2 Å². The number of nitrogens with one attached hydrogen (secondary N) is 1. The molecule has 1 N–H and O–H groups in total. The lowest BCUT2D eigenvalue weighted by molar-refractivity contribution is 0.225. The minimum Gasteiger partial charge on any atom is -0.311 e. The van der Waals surface area contributed by atoms with Gasteiger partial charge in [0, 0.05) is 5.54 Å². The molecular weight excluding hydrogens is 222 g/mol. The highest BCUT2D eigenvalue weighted by molar-refractivity contribution is 7.92. The van der Waals surface area contributed by atoms with E-state index in [4.69, 9.17) is 0 Å². The Labute approximate surface area is 98.9 Å². The SMILES string of the molecule is CCC1(CC2CCCS2(=O)=O)CCCCN1. The number of hydrogen-bond donors (Lipinski definition) is 1. The first-order chi connectivity index (χ1) is 7.58. The molecule has 2 saturated heterocycles. The zero-order valence-electron chi connectivity index (χ0n) is 10.2. The number of hydrogen-bond acceptors (Lipinski definition) is 3. The first-order valence-corrected chi connectivity index (χ1v) is 8.26. The van der Waals surface area contributed by atoms with E-state index >= 15 is 0 Å². The summed E-state index contributed by atoms with van der Waals surface area (Å²) in [6.07, 6.45) is 7.27. The van der Waals surface area contributed by atoms with Crippen molar-refractivity contribution in [3.63, 3.8) is 0 Å². The van der Waals surface area contributed by atoms with Crippen LogP contribution in [0, 0.1) is 0 Å². The van der Waals surface area contributed by atoms with Crippen molar-refractivity contribution in [1.29, 1.82) is 0 Å². The summed E-state index contributed by atoms with van der Waals surface area (Å²) >= 11 is 0. The van der Waals surface area contributed by atoms with Crippen LogP contribution in [-0.4, -0.2) is 31.5 Å². The summed E-state index contributed by atoms with van der Waals surface area (Å²) in [6.45, 7) is 3.24. The average Bonchev–Trinajstić information content (AvgIpc) is 2.60. The van der Waals surface area contributed by atoms with Crippen molar-refractivity contribution < 1.29 is 8.42 Å². The maximum Gasteiger partial charge on any atom is 0.153 e. The molecule has 2 unspecified atom stereocenters. The van der Waals surface area contributed by atoms with Crippen molar-refractivity contribution in [3.8, 4) is 0 Å². The Morgan fingerprint density at radius 1 is 1.31 bits per heavy atom. The molecule has 2 aliphatic heterocycles. The van der Waals surface area contributed by atoms with Crippen LogP contribution in [0.5, 0.6) is 0 Å². The minimum atomic E-state index is -2.77. The third-order valence-electron chi connectivity index (χ3n) is 4.34. The zero-order valence-corrected chi connectivity index (χ0v) is 11.0. The van der Waals surface area contributed by atoms with Crippen molar-refractivity contribution >= 4 is 9.84 Å². The van der Waals surface area contributed by atoms with Crippen LogP contribution in [0.3, 0.4) is 0 Å². The van der Waals surface area contributed by atoms with Gasteiger partial charge < -0.3 is 5.32 Å². The van der Waals surface area contributed by atoms with Crippen molar-refractivity contribution in [2.45, 2.75) is 62.7 Å². The summed E-state index contributed by atoms with van der Waals surface area (Å²) in [7, 11) is -2.77. The summed E-state index contributed by atoms with van der Waals surface area (Å²) < 4.78 is 23.7. The van der Waals surface area contributed by atoms with E-state index in [0.29, 0.717) is 5.75 Å². The monoisotopic (exact) mass is 245 g/mol. The van der Waals surface area contributed by atoms with E-state index in [-0.39, 0.29) is 10.8 Å². The van der Waals surface area contributed by atoms with Gasteiger partial charge in [0.15, 0.2) is 9.84 Å². The number of sulfone groups is 1. The second kappa shape index (κ2) is 4.65. The topological polar surface area (TPSA) is 46.2 Å². The van der Waals surface area contributed by atoms with Gasteiger partial charge in [-0.3, -0.25) is 0 Å². The van der Waals surface area contributed by atoms with Gasteiger partial charge in [0.05, 0.1) is 11.0 Å². The van der Waals surface area contributed by atoms with Gasteiger partial charge in [-0.15, -0.1) is 0 Å². The maximum atomic E-state index is 11.9. The maximum absolute atomic E-state index is 11.9. The summed E-state index contributed by atoms with van der Waals surface area (Å²) in [5.74, 6) is 0.414. The Bertz CT molecular complexity index is 331. The largest absolute Gasteiger partial charge is 0.311 e. The molecule has 2 heterocycles. The highest BCUT2D eigenvalue weighted by Crippen LogP contribution is 2.33. The minimum absolute atomic E-state index is 0.0713. The van der Waals surface area contributed by atoms with Gasteiger partial charge in [-0.05, 0) is 45.1 Å². The molecule has 0 aromatic rings. The lowest BCUT2D eigenvalue weighted by Crippen LogP contribution is -2.50. The predicted octanol–water partition coefficient (Wildman–Crippen LogP) is 1.88. The fourth-order valence-electron chi connectivity index (χ4n) is 3.17. The highest BCUT2D eigenvalue weighted by Gasteiger charge is 2.39. The van der Waals surface area contributed by atoms with Crippen molar-refractivity contribution in [2.24, 2.45) is 0 Å².